The van der Waals surface area contributed by atoms with Crippen LogP contribution >= 0.6 is 0 Å². The normalized spacial score (nSPS) is 22.2. The lowest BCUT2D eigenvalue weighted by Crippen LogP contribution is -2.47. The lowest BCUT2D eigenvalue weighted by atomic mass is 9.71. The zero-order valence-electron chi connectivity index (χ0n) is 17.9. The standard InChI is InChI=1S/C25H28N2O4/c1-17-18-14-22-23(30-13-12-29-22)15-19(18)25(8-4-5-9-25)16-26(17)10-11-27-20-6-2-3-7-21(20)31-24(27)28/h2-3,6-7,14-15,17H,4-5,8-13,16H2,1H3. The highest BCUT2D eigenvalue weighted by molar-refractivity contribution is 5.72. The average molecular weight is 421 g/mol. The Morgan fingerprint density at radius 1 is 1.03 bits per heavy atom. The van der Waals surface area contributed by atoms with Crippen molar-refractivity contribution < 1.29 is 13.9 Å². The van der Waals surface area contributed by atoms with Gasteiger partial charge in [0.2, 0.25) is 0 Å². The van der Waals surface area contributed by atoms with Crippen LogP contribution in [-0.2, 0) is 12.0 Å². The van der Waals surface area contributed by atoms with Gasteiger partial charge < -0.3 is 13.9 Å². The first kappa shape index (κ1) is 19.0. The maximum Gasteiger partial charge on any atom is 0.419 e. The van der Waals surface area contributed by atoms with Crippen LogP contribution < -0.4 is 15.2 Å². The fraction of sp³-hybridized carbons (Fsp3) is 0.480. The van der Waals surface area contributed by atoms with Crippen molar-refractivity contribution in [3.63, 3.8) is 0 Å². The summed E-state index contributed by atoms with van der Waals surface area (Å²) in [5, 5.41) is 0. The van der Waals surface area contributed by atoms with E-state index in [1.807, 2.05) is 24.3 Å². The largest absolute Gasteiger partial charge is 0.486 e. The average Bonchev–Trinajstić information content (AvgIpc) is 3.39. The number of oxazole rings is 1. The Balaban J connectivity index is 1.35. The van der Waals surface area contributed by atoms with Crippen molar-refractivity contribution in [2.24, 2.45) is 0 Å². The van der Waals surface area contributed by atoms with Crippen molar-refractivity contribution in [1.82, 2.24) is 9.47 Å². The highest BCUT2D eigenvalue weighted by atomic mass is 16.6. The van der Waals surface area contributed by atoms with Gasteiger partial charge in [-0.3, -0.25) is 9.47 Å². The molecule has 0 bridgehead atoms. The predicted molar refractivity (Wildman–Crippen MR) is 118 cm³/mol. The first-order valence-corrected chi connectivity index (χ1v) is 11.4. The highest BCUT2D eigenvalue weighted by Crippen LogP contribution is 2.51. The Bertz CT molecular complexity index is 1190. The molecule has 3 aromatic rings. The molecule has 1 aliphatic carbocycles. The Kier molecular flexibility index (Phi) is 4.39. The Labute approximate surface area is 181 Å². The zero-order valence-corrected chi connectivity index (χ0v) is 17.9. The molecule has 1 saturated carbocycles. The van der Waals surface area contributed by atoms with E-state index in [4.69, 9.17) is 13.9 Å². The van der Waals surface area contributed by atoms with Crippen LogP contribution in [0.2, 0.25) is 0 Å². The molecule has 1 unspecified atom stereocenters. The molecule has 3 heterocycles. The maximum absolute atomic E-state index is 12.4. The topological polar surface area (TPSA) is 56.8 Å². The van der Waals surface area contributed by atoms with Crippen LogP contribution in [0.15, 0.2) is 45.6 Å². The van der Waals surface area contributed by atoms with Gasteiger partial charge in [0.05, 0.1) is 5.52 Å². The van der Waals surface area contributed by atoms with Crippen molar-refractivity contribution in [2.75, 3.05) is 26.3 Å². The molecule has 0 N–H and O–H groups in total. The molecule has 1 atom stereocenters. The molecule has 1 fully saturated rings. The minimum absolute atomic E-state index is 0.168. The summed E-state index contributed by atoms with van der Waals surface area (Å²) in [4.78, 5) is 15.0. The summed E-state index contributed by atoms with van der Waals surface area (Å²) in [5.41, 5.74) is 4.49. The molecule has 3 aliphatic rings. The summed E-state index contributed by atoms with van der Waals surface area (Å²) in [6.45, 7) is 5.94. The quantitative estimate of drug-likeness (QED) is 0.634. The third-order valence-corrected chi connectivity index (χ3v) is 7.53. The monoisotopic (exact) mass is 420 g/mol. The second kappa shape index (κ2) is 7.16. The fourth-order valence-electron chi connectivity index (χ4n) is 5.92. The molecular weight excluding hydrogens is 392 g/mol. The van der Waals surface area contributed by atoms with E-state index >= 15 is 0 Å². The Morgan fingerprint density at radius 3 is 2.58 bits per heavy atom. The zero-order chi connectivity index (χ0) is 21.0. The summed E-state index contributed by atoms with van der Waals surface area (Å²) < 4.78 is 19.0. The summed E-state index contributed by atoms with van der Waals surface area (Å²) in [6.07, 6.45) is 4.94. The number of benzene rings is 2. The van der Waals surface area contributed by atoms with Crippen molar-refractivity contribution in [3.8, 4) is 11.5 Å². The number of para-hydroxylation sites is 2. The van der Waals surface area contributed by atoms with Gasteiger partial charge in [-0.15, -0.1) is 0 Å². The molecule has 1 spiro atoms. The van der Waals surface area contributed by atoms with Gasteiger partial charge in [-0.05, 0) is 55.2 Å². The number of hydrogen-bond donors (Lipinski definition) is 0. The van der Waals surface area contributed by atoms with E-state index in [9.17, 15) is 4.79 Å². The molecule has 2 aromatic carbocycles. The second-order valence-corrected chi connectivity index (χ2v) is 9.20. The van der Waals surface area contributed by atoms with Gasteiger partial charge in [0.25, 0.3) is 0 Å². The lowest BCUT2D eigenvalue weighted by Gasteiger charge is -2.46. The van der Waals surface area contributed by atoms with Crippen LogP contribution in [0.5, 0.6) is 11.5 Å². The summed E-state index contributed by atoms with van der Waals surface area (Å²) in [7, 11) is 0. The van der Waals surface area contributed by atoms with Gasteiger partial charge in [0.1, 0.15) is 13.2 Å². The molecule has 6 rings (SSSR count). The number of rotatable bonds is 3. The Morgan fingerprint density at radius 2 is 1.77 bits per heavy atom. The van der Waals surface area contributed by atoms with E-state index in [-0.39, 0.29) is 17.2 Å². The van der Waals surface area contributed by atoms with Crippen LogP contribution in [0.25, 0.3) is 11.1 Å². The molecule has 6 heteroatoms. The lowest BCUT2D eigenvalue weighted by molar-refractivity contribution is 0.127. The van der Waals surface area contributed by atoms with E-state index < -0.39 is 0 Å². The van der Waals surface area contributed by atoms with Gasteiger partial charge in [-0.2, -0.15) is 0 Å². The second-order valence-electron chi connectivity index (χ2n) is 9.20. The number of ether oxygens (including phenoxy) is 2. The van der Waals surface area contributed by atoms with Crippen LogP contribution in [0.4, 0.5) is 0 Å². The van der Waals surface area contributed by atoms with Gasteiger partial charge in [-0.1, -0.05) is 25.0 Å². The molecule has 0 amide bonds. The summed E-state index contributed by atoms with van der Waals surface area (Å²) in [6, 6.07) is 12.4. The van der Waals surface area contributed by atoms with Crippen LogP contribution in [0.1, 0.15) is 49.8 Å². The smallest absolute Gasteiger partial charge is 0.419 e. The minimum atomic E-state index is -0.276. The predicted octanol–water partition coefficient (Wildman–Crippen LogP) is 4.25. The number of hydrogen-bond acceptors (Lipinski definition) is 5. The van der Waals surface area contributed by atoms with Crippen LogP contribution in [0, 0.1) is 0 Å². The van der Waals surface area contributed by atoms with Gasteiger partial charge >= 0.3 is 5.76 Å². The minimum Gasteiger partial charge on any atom is -0.486 e. The molecule has 0 saturated heterocycles. The SMILES string of the molecule is CC1c2cc3c(cc2C2(CCCC2)CN1CCn1c(=O)oc2ccccc21)OCCO3. The van der Waals surface area contributed by atoms with Crippen molar-refractivity contribution in [2.45, 2.75) is 50.6 Å². The van der Waals surface area contributed by atoms with E-state index in [2.05, 4.69) is 24.0 Å². The number of nitrogens with zero attached hydrogens (tertiary/aromatic N) is 2. The van der Waals surface area contributed by atoms with Crippen molar-refractivity contribution >= 4 is 11.1 Å². The highest BCUT2D eigenvalue weighted by Gasteiger charge is 2.44. The van der Waals surface area contributed by atoms with E-state index in [0.29, 0.717) is 25.3 Å². The summed E-state index contributed by atoms with van der Waals surface area (Å²) >= 11 is 0. The Hall–Kier alpha value is -2.73. The van der Waals surface area contributed by atoms with E-state index in [1.54, 1.807) is 4.57 Å². The van der Waals surface area contributed by atoms with E-state index in [0.717, 1.165) is 30.1 Å². The fourth-order valence-corrected chi connectivity index (χ4v) is 5.92. The molecule has 31 heavy (non-hydrogen) atoms. The third kappa shape index (κ3) is 2.99. The van der Waals surface area contributed by atoms with E-state index in [1.165, 1.54) is 36.8 Å². The van der Waals surface area contributed by atoms with Gasteiger partial charge in [0.15, 0.2) is 17.1 Å². The van der Waals surface area contributed by atoms with Crippen molar-refractivity contribution in [1.29, 1.82) is 0 Å². The summed E-state index contributed by atoms with van der Waals surface area (Å²) in [5.74, 6) is 1.48. The molecule has 162 valence electrons. The molecule has 0 radical (unpaired) electrons. The first-order valence-electron chi connectivity index (χ1n) is 11.4. The van der Waals surface area contributed by atoms with Gasteiger partial charge in [0, 0.05) is 31.1 Å². The molecule has 6 nitrogen and oxygen atoms in total. The van der Waals surface area contributed by atoms with Crippen molar-refractivity contribution in [3.05, 3.63) is 58.1 Å². The van der Waals surface area contributed by atoms with Crippen LogP contribution in [-0.4, -0.2) is 35.8 Å². The first-order chi connectivity index (χ1) is 15.1. The molecule has 2 aliphatic heterocycles. The number of aromatic nitrogens is 1. The molecular formula is C25H28N2O4. The molecule has 1 aromatic heterocycles. The van der Waals surface area contributed by atoms with Crippen LogP contribution in [0.3, 0.4) is 0 Å². The maximum atomic E-state index is 12.4. The van der Waals surface area contributed by atoms with Gasteiger partial charge in [-0.25, -0.2) is 4.79 Å². The third-order valence-electron chi connectivity index (χ3n) is 7.53. The number of fused-ring (bicyclic) bond motifs is 4.